The van der Waals surface area contributed by atoms with Gasteiger partial charge in [0.2, 0.25) is 0 Å². The van der Waals surface area contributed by atoms with E-state index in [1.165, 1.54) is 32.1 Å². The van der Waals surface area contributed by atoms with Crippen molar-refractivity contribution >= 4 is 0 Å². The third-order valence-corrected chi connectivity index (χ3v) is 3.58. The van der Waals surface area contributed by atoms with E-state index in [1.54, 1.807) is 16.7 Å². The van der Waals surface area contributed by atoms with Crippen molar-refractivity contribution in [1.82, 2.24) is 0 Å². The van der Waals surface area contributed by atoms with Crippen LogP contribution in [0.4, 0.5) is 0 Å². The number of hydrogen-bond acceptors (Lipinski definition) is 0. The molecule has 2 rings (SSSR count). The highest BCUT2D eigenvalue weighted by atomic mass is 14.2. The highest BCUT2D eigenvalue weighted by Crippen LogP contribution is 2.28. The van der Waals surface area contributed by atoms with Gasteiger partial charge in [-0.05, 0) is 54.7 Å². The van der Waals surface area contributed by atoms with Crippen LogP contribution in [0.15, 0.2) is 18.2 Å². The predicted octanol–water partition coefficient (Wildman–Crippen LogP) is 4.08. The number of rotatable bonds is 3. The molecule has 0 atom stereocenters. The van der Waals surface area contributed by atoms with Crippen LogP contribution >= 0.6 is 0 Å². The molecule has 0 amide bonds. The van der Waals surface area contributed by atoms with Crippen molar-refractivity contribution in [3.8, 4) is 0 Å². The molecule has 1 aliphatic rings. The maximum atomic E-state index is 2.46. The van der Waals surface area contributed by atoms with Gasteiger partial charge in [0.1, 0.15) is 0 Å². The second kappa shape index (κ2) is 4.16. The minimum absolute atomic E-state index is 0.779. The Kier molecular flexibility index (Phi) is 2.90. The van der Waals surface area contributed by atoms with Crippen molar-refractivity contribution in [3.05, 3.63) is 34.9 Å². The Balaban J connectivity index is 2.27. The van der Waals surface area contributed by atoms with Gasteiger partial charge in [-0.2, -0.15) is 0 Å². The summed E-state index contributed by atoms with van der Waals surface area (Å²) < 4.78 is 0. The molecular weight excluding hydrogens is 168 g/mol. The van der Waals surface area contributed by atoms with Crippen molar-refractivity contribution in [3.63, 3.8) is 0 Å². The molecule has 76 valence electrons. The monoisotopic (exact) mass is 188 g/mol. The Labute approximate surface area is 87.3 Å². The average molecular weight is 188 g/mol. The van der Waals surface area contributed by atoms with Gasteiger partial charge in [-0.15, -0.1) is 0 Å². The molecule has 0 nitrogen and oxygen atoms in total. The van der Waals surface area contributed by atoms with Gasteiger partial charge in [0.05, 0.1) is 0 Å². The van der Waals surface area contributed by atoms with E-state index in [4.69, 9.17) is 0 Å². The molecule has 1 aliphatic carbocycles. The molecule has 0 aliphatic heterocycles. The van der Waals surface area contributed by atoms with Crippen molar-refractivity contribution < 1.29 is 0 Å². The Bertz CT molecular complexity index is 308. The summed E-state index contributed by atoms with van der Waals surface area (Å²) in [6.07, 6.45) is 6.52. The van der Waals surface area contributed by atoms with E-state index in [9.17, 15) is 0 Å². The molecule has 0 spiro atoms. The molecule has 0 heterocycles. The minimum Gasteiger partial charge on any atom is -0.0648 e. The Morgan fingerprint density at radius 3 is 2.50 bits per heavy atom. The smallest absolute Gasteiger partial charge is 0.0167 e. The molecule has 0 heteroatoms. The van der Waals surface area contributed by atoms with Gasteiger partial charge in [-0.25, -0.2) is 0 Å². The van der Waals surface area contributed by atoms with E-state index < -0.39 is 0 Å². The van der Waals surface area contributed by atoms with Crippen LogP contribution in [0.1, 0.15) is 55.7 Å². The molecule has 0 unspecified atom stereocenters. The number of aryl methyl sites for hydroxylation is 2. The molecule has 14 heavy (non-hydrogen) atoms. The second-order valence-corrected chi connectivity index (χ2v) is 4.40. The van der Waals surface area contributed by atoms with Crippen LogP contribution in [0.3, 0.4) is 0 Å². The quantitative estimate of drug-likeness (QED) is 0.670. The lowest BCUT2D eigenvalue weighted by molar-refractivity contribution is 0.641. The fourth-order valence-electron chi connectivity index (χ4n) is 2.61. The summed E-state index contributed by atoms with van der Waals surface area (Å²) in [5.41, 5.74) is 4.78. The van der Waals surface area contributed by atoms with Crippen LogP contribution in [0, 0.1) is 0 Å². The van der Waals surface area contributed by atoms with Crippen molar-refractivity contribution in [1.29, 1.82) is 0 Å². The van der Waals surface area contributed by atoms with Crippen LogP contribution in [-0.2, 0) is 12.8 Å². The Morgan fingerprint density at radius 1 is 1.07 bits per heavy atom. The summed E-state index contributed by atoms with van der Waals surface area (Å²) in [6, 6.07) is 7.16. The summed E-state index contributed by atoms with van der Waals surface area (Å²) in [5.74, 6) is 0.779. The molecule has 0 saturated heterocycles. The van der Waals surface area contributed by atoms with E-state index in [1.807, 2.05) is 0 Å². The van der Waals surface area contributed by atoms with Gasteiger partial charge < -0.3 is 0 Å². The summed E-state index contributed by atoms with van der Waals surface area (Å²) in [4.78, 5) is 0. The SMILES string of the molecule is CCC(CC)c1ccc2c(c1)CCC2. The highest BCUT2D eigenvalue weighted by Gasteiger charge is 2.13. The van der Waals surface area contributed by atoms with Gasteiger partial charge >= 0.3 is 0 Å². The fraction of sp³-hybridized carbons (Fsp3) is 0.571. The first-order valence-corrected chi connectivity index (χ1v) is 5.96. The molecule has 1 aromatic carbocycles. The normalized spacial score (nSPS) is 14.8. The van der Waals surface area contributed by atoms with E-state index in [0.29, 0.717) is 0 Å². The second-order valence-electron chi connectivity index (χ2n) is 4.40. The fourth-order valence-corrected chi connectivity index (χ4v) is 2.61. The van der Waals surface area contributed by atoms with E-state index in [0.717, 1.165) is 5.92 Å². The lowest BCUT2D eigenvalue weighted by Gasteiger charge is -2.14. The van der Waals surface area contributed by atoms with Crippen LogP contribution in [-0.4, -0.2) is 0 Å². The summed E-state index contributed by atoms with van der Waals surface area (Å²) in [7, 11) is 0. The first kappa shape index (κ1) is 9.76. The number of benzene rings is 1. The van der Waals surface area contributed by atoms with Crippen molar-refractivity contribution in [2.24, 2.45) is 0 Å². The zero-order valence-electron chi connectivity index (χ0n) is 9.34. The first-order chi connectivity index (χ1) is 6.85. The summed E-state index contributed by atoms with van der Waals surface area (Å²) >= 11 is 0. The maximum Gasteiger partial charge on any atom is -0.0167 e. The standard InChI is InChI=1S/C14H20/c1-3-11(4-2)14-9-8-12-6-5-7-13(12)10-14/h8-11H,3-7H2,1-2H3. The van der Waals surface area contributed by atoms with Crippen LogP contribution < -0.4 is 0 Å². The van der Waals surface area contributed by atoms with Crippen LogP contribution in [0.25, 0.3) is 0 Å². The van der Waals surface area contributed by atoms with Gasteiger partial charge in [0, 0.05) is 0 Å². The van der Waals surface area contributed by atoms with Crippen molar-refractivity contribution in [2.75, 3.05) is 0 Å². The summed E-state index contributed by atoms with van der Waals surface area (Å²) in [5, 5.41) is 0. The van der Waals surface area contributed by atoms with Crippen molar-refractivity contribution in [2.45, 2.75) is 51.9 Å². The van der Waals surface area contributed by atoms with Crippen LogP contribution in [0.2, 0.25) is 0 Å². The average Bonchev–Trinajstić information content (AvgIpc) is 2.66. The van der Waals surface area contributed by atoms with Gasteiger partial charge in [0.15, 0.2) is 0 Å². The minimum atomic E-state index is 0.779. The van der Waals surface area contributed by atoms with Gasteiger partial charge in [0.25, 0.3) is 0 Å². The topological polar surface area (TPSA) is 0 Å². The predicted molar refractivity (Wildman–Crippen MR) is 61.8 cm³/mol. The Hall–Kier alpha value is -0.780. The zero-order chi connectivity index (χ0) is 9.97. The van der Waals surface area contributed by atoms with Crippen LogP contribution in [0.5, 0.6) is 0 Å². The highest BCUT2D eigenvalue weighted by molar-refractivity contribution is 5.36. The third kappa shape index (κ3) is 1.70. The van der Waals surface area contributed by atoms with Gasteiger partial charge in [-0.3, -0.25) is 0 Å². The van der Waals surface area contributed by atoms with E-state index in [2.05, 4.69) is 32.0 Å². The molecule has 0 radical (unpaired) electrons. The largest absolute Gasteiger partial charge is 0.0648 e. The lowest BCUT2D eigenvalue weighted by atomic mass is 9.92. The zero-order valence-corrected chi connectivity index (χ0v) is 9.34. The first-order valence-electron chi connectivity index (χ1n) is 5.96. The lowest BCUT2D eigenvalue weighted by Crippen LogP contribution is -1.96. The molecule has 0 aromatic heterocycles. The molecular formula is C14H20. The summed E-state index contributed by atoms with van der Waals surface area (Å²) in [6.45, 7) is 4.59. The third-order valence-electron chi connectivity index (χ3n) is 3.58. The molecule has 0 saturated carbocycles. The number of hydrogen-bond donors (Lipinski definition) is 0. The Morgan fingerprint density at radius 2 is 1.79 bits per heavy atom. The number of fused-ring (bicyclic) bond motifs is 1. The molecule has 0 fully saturated rings. The molecule has 0 N–H and O–H groups in total. The van der Waals surface area contributed by atoms with E-state index in [-0.39, 0.29) is 0 Å². The van der Waals surface area contributed by atoms with E-state index >= 15 is 0 Å². The molecule has 0 bridgehead atoms. The molecule has 1 aromatic rings. The maximum absolute atomic E-state index is 2.46. The van der Waals surface area contributed by atoms with Gasteiger partial charge in [-0.1, -0.05) is 32.0 Å².